The van der Waals surface area contributed by atoms with Crippen LogP contribution in [0.25, 0.3) is 0 Å². The molecular formula is C9H16O6. The van der Waals surface area contributed by atoms with E-state index in [0.717, 1.165) is 0 Å². The van der Waals surface area contributed by atoms with Gasteiger partial charge in [0.1, 0.15) is 24.4 Å². The van der Waals surface area contributed by atoms with Crippen molar-refractivity contribution < 1.29 is 29.5 Å². The first-order valence-corrected chi connectivity index (χ1v) is 4.93. The highest BCUT2D eigenvalue weighted by Gasteiger charge is 2.55. The van der Waals surface area contributed by atoms with Crippen molar-refractivity contribution in [2.75, 3.05) is 6.61 Å². The summed E-state index contributed by atoms with van der Waals surface area (Å²) in [6.07, 6.45) is -4.26. The van der Waals surface area contributed by atoms with Gasteiger partial charge in [0.25, 0.3) is 0 Å². The summed E-state index contributed by atoms with van der Waals surface area (Å²) in [4.78, 5) is 0. The maximum absolute atomic E-state index is 9.79. The fourth-order valence-electron chi connectivity index (χ4n) is 1.94. The Hall–Kier alpha value is -0.240. The molecule has 2 fully saturated rings. The first-order chi connectivity index (χ1) is 6.94. The molecule has 2 rings (SSSR count). The molecule has 0 spiro atoms. The van der Waals surface area contributed by atoms with Crippen molar-refractivity contribution in [1.29, 1.82) is 0 Å². The number of fused-ring (bicyclic) bond motifs is 1. The van der Waals surface area contributed by atoms with E-state index in [1.165, 1.54) is 0 Å². The van der Waals surface area contributed by atoms with Crippen molar-refractivity contribution in [3.05, 3.63) is 0 Å². The highest BCUT2D eigenvalue weighted by molar-refractivity contribution is 4.95. The summed E-state index contributed by atoms with van der Waals surface area (Å²) in [5, 5.41) is 27.9. The Labute approximate surface area is 87.4 Å². The number of aliphatic hydroxyl groups is 3. The third-order valence-corrected chi connectivity index (χ3v) is 2.62. The highest BCUT2D eigenvalue weighted by atomic mass is 16.8. The van der Waals surface area contributed by atoms with Gasteiger partial charge in [0.2, 0.25) is 0 Å². The van der Waals surface area contributed by atoms with Gasteiger partial charge in [-0.25, -0.2) is 0 Å². The molecule has 88 valence electrons. The maximum Gasteiger partial charge on any atom is 0.190 e. The molecule has 2 heterocycles. The van der Waals surface area contributed by atoms with Gasteiger partial charge in [0.15, 0.2) is 12.1 Å². The first kappa shape index (κ1) is 11.3. The number of rotatable bonds is 2. The molecule has 3 N–H and O–H groups in total. The van der Waals surface area contributed by atoms with Crippen LogP contribution >= 0.6 is 0 Å². The molecule has 0 bridgehead atoms. The van der Waals surface area contributed by atoms with Gasteiger partial charge in [-0.2, -0.15) is 0 Å². The van der Waals surface area contributed by atoms with Crippen LogP contribution < -0.4 is 0 Å². The Bertz CT molecular complexity index is 243. The lowest BCUT2D eigenvalue weighted by Gasteiger charge is -2.24. The lowest BCUT2D eigenvalue weighted by atomic mass is 10.1. The van der Waals surface area contributed by atoms with Gasteiger partial charge in [-0.15, -0.1) is 0 Å². The number of hydrogen-bond acceptors (Lipinski definition) is 6. The Morgan fingerprint density at radius 2 is 2.00 bits per heavy atom. The molecule has 6 heteroatoms. The predicted molar refractivity (Wildman–Crippen MR) is 47.8 cm³/mol. The van der Waals surface area contributed by atoms with Crippen LogP contribution in [-0.4, -0.2) is 58.4 Å². The summed E-state index contributed by atoms with van der Waals surface area (Å²) in [6.45, 7) is 2.97. The van der Waals surface area contributed by atoms with Gasteiger partial charge in [-0.1, -0.05) is 0 Å². The molecule has 0 radical (unpaired) electrons. The standard InChI is InChI=1S/C9H16O6/c1-9(2)14-7-5(12)6(4(11)3-10)13-8(7)15-9/h4-8,10-12H,3H2,1-2H3/t4?,5-,6-,7+,8+/m0/s1. The van der Waals surface area contributed by atoms with E-state index in [0.29, 0.717) is 0 Å². The van der Waals surface area contributed by atoms with Crippen molar-refractivity contribution in [3.8, 4) is 0 Å². The molecule has 6 nitrogen and oxygen atoms in total. The minimum Gasteiger partial charge on any atom is -0.394 e. The van der Waals surface area contributed by atoms with E-state index in [1.807, 2.05) is 0 Å². The molecule has 2 aliphatic rings. The number of hydrogen-bond donors (Lipinski definition) is 3. The van der Waals surface area contributed by atoms with Crippen molar-refractivity contribution in [1.82, 2.24) is 0 Å². The zero-order valence-electron chi connectivity index (χ0n) is 8.66. The van der Waals surface area contributed by atoms with Gasteiger partial charge in [-0.3, -0.25) is 0 Å². The predicted octanol–water partition coefficient (Wildman–Crippen LogP) is -1.42. The highest BCUT2D eigenvalue weighted by Crippen LogP contribution is 2.38. The Balaban J connectivity index is 2.05. The van der Waals surface area contributed by atoms with Crippen molar-refractivity contribution in [3.63, 3.8) is 0 Å². The van der Waals surface area contributed by atoms with E-state index < -0.39 is 43.1 Å². The van der Waals surface area contributed by atoms with Crippen LogP contribution in [0.15, 0.2) is 0 Å². The van der Waals surface area contributed by atoms with Crippen LogP contribution in [-0.2, 0) is 14.2 Å². The topological polar surface area (TPSA) is 88.4 Å². The van der Waals surface area contributed by atoms with E-state index in [2.05, 4.69) is 0 Å². The number of aliphatic hydroxyl groups excluding tert-OH is 3. The van der Waals surface area contributed by atoms with Crippen LogP contribution in [0.4, 0.5) is 0 Å². The van der Waals surface area contributed by atoms with Crippen molar-refractivity contribution in [2.45, 2.75) is 50.3 Å². The molecule has 0 aromatic carbocycles. The fraction of sp³-hybridized carbons (Fsp3) is 1.00. The molecule has 0 saturated carbocycles. The quantitative estimate of drug-likeness (QED) is 0.529. The SMILES string of the molecule is CC1(C)O[C@H]2O[C@@H](C(O)CO)[C@H](O)[C@H]2O1. The van der Waals surface area contributed by atoms with Crippen LogP contribution in [0.5, 0.6) is 0 Å². The van der Waals surface area contributed by atoms with Gasteiger partial charge in [0.05, 0.1) is 6.61 Å². The van der Waals surface area contributed by atoms with E-state index in [4.69, 9.17) is 19.3 Å². The molecule has 0 amide bonds. The van der Waals surface area contributed by atoms with Gasteiger partial charge in [-0.05, 0) is 13.8 Å². The van der Waals surface area contributed by atoms with Gasteiger partial charge < -0.3 is 29.5 Å². The summed E-state index contributed by atoms with van der Waals surface area (Å²) in [6, 6.07) is 0. The molecule has 1 unspecified atom stereocenters. The van der Waals surface area contributed by atoms with Gasteiger partial charge in [0, 0.05) is 0 Å². The Kier molecular flexibility index (Phi) is 2.74. The van der Waals surface area contributed by atoms with Crippen molar-refractivity contribution >= 4 is 0 Å². The second kappa shape index (κ2) is 3.65. The van der Waals surface area contributed by atoms with Crippen LogP contribution in [0, 0.1) is 0 Å². The van der Waals surface area contributed by atoms with Crippen LogP contribution in [0.3, 0.4) is 0 Å². The molecule has 5 atom stereocenters. The molecule has 0 aromatic rings. The zero-order chi connectivity index (χ0) is 11.2. The monoisotopic (exact) mass is 220 g/mol. The Morgan fingerprint density at radius 1 is 1.33 bits per heavy atom. The molecule has 0 aliphatic carbocycles. The molecule has 15 heavy (non-hydrogen) atoms. The van der Waals surface area contributed by atoms with Crippen LogP contribution in [0.1, 0.15) is 13.8 Å². The van der Waals surface area contributed by atoms with Gasteiger partial charge >= 0.3 is 0 Å². The largest absolute Gasteiger partial charge is 0.394 e. The lowest BCUT2D eigenvalue weighted by molar-refractivity contribution is -0.227. The van der Waals surface area contributed by atoms with Crippen molar-refractivity contribution in [2.24, 2.45) is 0 Å². The minimum atomic E-state index is -1.12. The maximum atomic E-state index is 9.79. The summed E-state index contributed by atoms with van der Waals surface area (Å²) < 4.78 is 16.1. The molecule has 2 aliphatic heterocycles. The molecule has 0 aromatic heterocycles. The second-order valence-corrected chi connectivity index (χ2v) is 4.31. The lowest BCUT2D eigenvalue weighted by Crippen LogP contribution is -2.42. The first-order valence-electron chi connectivity index (χ1n) is 4.93. The summed E-state index contributed by atoms with van der Waals surface area (Å²) in [7, 11) is 0. The summed E-state index contributed by atoms with van der Waals surface area (Å²) in [5.41, 5.74) is 0. The van der Waals surface area contributed by atoms with E-state index in [9.17, 15) is 10.2 Å². The zero-order valence-corrected chi connectivity index (χ0v) is 8.66. The Morgan fingerprint density at radius 3 is 2.53 bits per heavy atom. The third kappa shape index (κ3) is 1.89. The van der Waals surface area contributed by atoms with E-state index in [1.54, 1.807) is 13.8 Å². The summed E-state index contributed by atoms with van der Waals surface area (Å²) in [5.74, 6) is -0.786. The normalized spacial score (nSPS) is 45.4. The average molecular weight is 220 g/mol. The summed E-state index contributed by atoms with van der Waals surface area (Å²) >= 11 is 0. The van der Waals surface area contributed by atoms with E-state index in [-0.39, 0.29) is 0 Å². The minimum absolute atomic E-state index is 0.468. The smallest absolute Gasteiger partial charge is 0.190 e. The third-order valence-electron chi connectivity index (χ3n) is 2.62. The van der Waals surface area contributed by atoms with E-state index >= 15 is 0 Å². The fourth-order valence-corrected chi connectivity index (χ4v) is 1.94. The van der Waals surface area contributed by atoms with Crippen LogP contribution in [0.2, 0.25) is 0 Å². The number of ether oxygens (including phenoxy) is 3. The second-order valence-electron chi connectivity index (χ2n) is 4.31. The molecular weight excluding hydrogens is 204 g/mol. The average Bonchev–Trinajstić information content (AvgIpc) is 2.60. The molecule has 2 saturated heterocycles.